The molecular weight excluding hydrogens is 454 g/mol. The number of allylic oxidation sites excluding steroid dienone is 2. The van der Waals surface area contributed by atoms with Gasteiger partial charge in [0.2, 0.25) is 11.8 Å². The van der Waals surface area contributed by atoms with Crippen LogP contribution in [0, 0.1) is 35.5 Å². The molecule has 1 saturated heterocycles. The maximum atomic E-state index is 13.5. The fourth-order valence-corrected chi connectivity index (χ4v) is 6.77. The Balaban J connectivity index is 1.21. The number of carbonyl (C=O) groups is 4. The monoisotopic (exact) mass is 477 g/mol. The minimum atomic E-state index is -0.657. The van der Waals surface area contributed by atoms with E-state index in [4.69, 9.17) is 4.74 Å². The van der Waals surface area contributed by atoms with Crippen LogP contribution in [0.15, 0.2) is 72.8 Å². The first-order chi connectivity index (χ1) is 17.4. The summed E-state index contributed by atoms with van der Waals surface area (Å²) in [5, 5.41) is 1.50. The number of nitrogens with zero attached hydrogens (tertiary/aromatic N) is 1. The highest BCUT2D eigenvalue weighted by Gasteiger charge is 2.67. The lowest BCUT2D eigenvalue weighted by Crippen LogP contribution is -2.40. The van der Waals surface area contributed by atoms with Crippen molar-refractivity contribution in [3.8, 4) is 5.75 Å². The molecule has 0 radical (unpaired) electrons. The molecule has 6 atom stereocenters. The number of Topliss-reactive ketones (excluding diaryl/α,β-unsaturated/α-hetero) is 1. The van der Waals surface area contributed by atoms with Crippen LogP contribution in [0.2, 0.25) is 0 Å². The predicted molar refractivity (Wildman–Crippen MR) is 133 cm³/mol. The summed E-state index contributed by atoms with van der Waals surface area (Å²) in [7, 11) is 0. The van der Waals surface area contributed by atoms with Crippen LogP contribution in [0.3, 0.4) is 0 Å². The van der Waals surface area contributed by atoms with E-state index < -0.39 is 5.97 Å². The fourth-order valence-electron chi connectivity index (χ4n) is 6.77. The van der Waals surface area contributed by atoms with Gasteiger partial charge in [-0.3, -0.25) is 14.4 Å². The number of fused-ring (bicyclic) bond motifs is 1. The molecule has 8 rings (SSSR count). The molecule has 6 nitrogen and oxygen atoms in total. The second-order valence-electron chi connectivity index (χ2n) is 10.3. The van der Waals surface area contributed by atoms with Gasteiger partial charge in [0.1, 0.15) is 5.75 Å². The van der Waals surface area contributed by atoms with E-state index in [0.717, 1.165) is 11.8 Å². The topological polar surface area (TPSA) is 80.8 Å². The van der Waals surface area contributed by atoms with Gasteiger partial charge in [-0.1, -0.05) is 48.6 Å². The Morgan fingerprint density at radius 1 is 0.861 bits per heavy atom. The quantitative estimate of drug-likeness (QED) is 0.177. The SMILES string of the molecule is CC(=O)c1ccc2ccccc2c1OC(=O)c1cccc(N2C(=O)[C@H]3[C@@H]4C=C[C@@H]([C@H]5C[C@H]45)[C@@H]3C2=O)c1. The van der Waals surface area contributed by atoms with Gasteiger partial charge < -0.3 is 4.74 Å². The maximum Gasteiger partial charge on any atom is 0.343 e. The molecule has 0 aromatic heterocycles. The summed E-state index contributed by atoms with van der Waals surface area (Å²) < 4.78 is 5.78. The second kappa shape index (κ2) is 7.47. The molecule has 2 saturated carbocycles. The molecular formula is C30H23NO5. The molecule has 0 unspecified atom stereocenters. The third-order valence-electron chi connectivity index (χ3n) is 8.46. The van der Waals surface area contributed by atoms with Crippen molar-refractivity contribution in [3.05, 3.63) is 83.9 Å². The molecule has 0 spiro atoms. The average molecular weight is 478 g/mol. The van der Waals surface area contributed by atoms with Crippen molar-refractivity contribution in [1.29, 1.82) is 0 Å². The largest absolute Gasteiger partial charge is 0.421 e. The molecule has 3 aromatic carbocycles. The Bertz CT molecular complexity index is 1500. The van der Waals surface area contributed by atoms with Gasteiger partial charge in [0.25, 0.3) is 0 Å². The maximum absolute atomic E-state index is 13.5. The summed E-state index contributed by atoms with van der Waals surface area (Å²) in [6, 6.07) is 17.3. The standard InChI is InChI=1S/C30H23NO5/c1-15(32)19-10-9-16-5-2-3-8-20(16)27(19)36-30(35)17-6-4-7-18(13-17)31-28(33)25-21-11-12-22(24-14-23(21)24)26(25)29(31)34/h2-13,21-26H,14H2,1H3/t21-,22+,23-,24-,25+,26+/m1/s1. The van der Waals surface area contributed by atoms with Gasteiger partial charge in [0.05, 0.1) is 28.7 Å². The first kappa shape index (κ1) is 21.2. The Hall–Kier alpha value is -4.06. The molecule has 2 bridgehead atoms. The highest BCUT2D eigenvalue weighted by Crippen LogP contribution is 2.65. The van der Waals surface area contributed by atoms with Crippen LogP contribution in [0.4, 0.5) is 5.69 Å². The van der Waals surface area contributed by atoms with E-state index in [-0.39, 0.29) is 52.6 Å². The van der Waals surface area contributed by atoms with Gasteiger partial charge in [0, 0.05) is 5.39 Å². The van der Waals surface area contributed by atoms with Crippen molar-refractivity contribution in [3.63, 3.8) is 0 Å². The van der Waals surface area contributed by atoms with Crippen LogP contribution in [0.25, 0.3) is 10.8 Å². The third-order valence-corrected chi connectivity index (χ3v) is 8.46. The van der Waals surface area contributed by atoms with Crippen molar-refractivity contribution >= 4 is 40.0 Å². The molecule has 36 heavy (non-hydrogen) atoms. The molecule has 2 amide bonds. The number of carbonyl (C=O) groups excluding carboxylic acids is 4. The minimum Gasteiger partial charge on any atom is -0.421 e. The van der Waals surface area contributed by atoms with Gasteiger partial charge in [-0.2, -0.15) is 0 Å². The van der Waals surface area contributed by atoms with Crippen LogP contribution in [0.1, 0.15) is 34.1 Å². The molecule has 1 aliphatic heterocycles. The van der Waals surface area contributed by atoms with Gasteiger partial charge in [-0.05, 0) is 66.7 Å². The third kappa shape index (κ3) is 2.90. The van der Waals surface area contributed by atoms with Crippen LogP contribution in [-0.2, 0) is 9.59 Å². The second-order valence-corrected chi connectivity index (χ2v) is 10.3. The summed E-state index contributed by atoms with van der Waals surface area (Å²) in [5.74, 6) is -0.303. The van der Waals surface area contributed by atoms with Gasteiger partial charge in [-0.15, -0.1) is 0 Å². The number of benzene rings is 3. The predicted octanol–water partition coefficient (Wildman–Crippen LogP) is 4.82. The van der Waals surface area contributed by atoms with Crippen LogP contribution in [-0.4, -0.2) is 23.6 Å². The molecule has 1 heterocycles. The number of anilines is 1. The highest BCUT2D eigenvalue weighted by atomic mass is 16.5. The van der Waals surface area contributed by atoms with Crippen molar-refractivity contribution in [2.75, 3.05) is 4.90 Å². The fraction of sp³-hybridized carbons (Fsp3) is 0.267. The van der Waals surface area contributed by atoms with Gasteiger partial charge >= 0.3 is 5.97 Å². The van der Waals surface area contributed by atoms with E-state index in [1.165, 1.54) is 17.9 Å². The summed E-state index contributed by atoms with van der Waals surface area (Å²) in [4.78, 5) is 53.7. The number of hydrogen-bond acceptors (Lipinski definition) is 5. The lowest BCUT2D eigenvalue weighted by molar-refractivity contribution is -0.124. The Morgan fingerprint density at radius 2 is 1.56 bits per heavy atom. The number of imide groups is 1. The van der Waals surface area contributed by atoms with E-state index in [1.807, 2.05) is 24.3 Å². The first-order valence-corrected chi connectivity index (χ1v) is 12.3. The summed E-state index contributed by atoms with van der Waals surface area (Å²) >= 11 is 0. The number of rotatable bonds is 4. The molecule has 6 heteroatoms. The molecule has 4 aliphatic carbocycles. The van der Waals surface area contributed by atoms with Crippen molar-refractivity contribution < 1.29 is 23.9 Å². The van der Waals surface area contributed by atoms with E-state index in [9.17, 15) is 19.2 Å². The average Bonchev–Trinajstić information content (AvgIpc) is 3.67. The molecule has 178 valence electrons. The van der Waals surface area contributed by atoms with Gasteiger partial charge in [-0.25, -0.2) is 9.69 Å². The molecule has 3 fully saturated rings. The van der Waals surface area contributed by atoms with Crippen LogP contribution >= 0.6 is 0 Å². The first-order valence-electron chi connectivity index (χ1n) is 12.3. The smallest absolute Gasteiger partial charge is 0.343 e. The number of ether oxygens (including phenoxy) is 1. The summed E-state index contributed by atoms with van der Waals surface area (Å²) in [6.45, 7) is 1.43. The van der Waals surface area contributed by atoms with Gasteiger partial charge in [0.15, 0.2) is 5.78 Å². The summed E-state index contributed by atoms with van der Waals surface area (Å²) in [6.07, 6.45) is 5.38. The van der Waals surface area contributed by atoms with Crippen LogP contribution < -0.4 is 9.64 Å². The Morgan fingerprint density at radius 3 is 2.25 bits per heavy atom. The lowest BCUT2D eigenvalue weighted by Gasteiger charge is -2.37. The zero-order valence-electron chi connectivity index (χ0n) is 19.6. The number of ketones is 1. The number of amides is 2. The zero-order chi connectivity index (χ0) is 24.7. The minimum absolute atomic E-state index is 0.135. The van der Waals surface area contributed by atoms with Crippen molar-refractivity contribution in [1.82, 2.24) is 0 Å². The van der Waals surface area contributed by atoms with Crippen LogP contribution in [0.5, 0.6) is 5.75 Å². The van der Waals surface area contributed by atoms with E-state index in [0.29, 0.717) is 28.5 Å². The Kier molecular flexibility index (Phi) is 4.41. The summed E-state index contributed by atoms with van der Waals surface area (Å²) in [5.41, 5.74) is 0.898. The zero-order valence-corrected chi connectivity index (χ0v) is 19.6. The van der Waals surface area contributed by atoms with E-state index in [1.54, 1.807) is 30.3 Å². The molecule has 5 aliphatic rings. The normalized spacial score (nSPS) is 29.3. The lowest BCUT2D eigenvalue weighted by atomic mass is 9.63. The van der Waals surface area contributed by atoms with E-state index >= 15 is 0 Å². The molecule has 0 N–H and O–H groups in total. The van der Waals surface area contributed by atoms with Crippen molar-refractivity contribution in [2.45, 2.75) is 13.3 Å². The number of esters is 1. The highest BCUT2D eigenvalue weighted by molar-refractivity contribution is 6.23. The van der Waals surface area contributed by atoms with E-state index in [2.05, 4.69) is 12.2 Å². The number of hydrogen-bond donors (Lipinski definition) is 0. The Labute approximate surface area is 207 Å². The van der Waals surface area contributed by atoms with Crippen molar-refractivity contribution in [2.24, 2.45) is 35.5 Å². The molecule has 3 aromatic rings.